The Kier molecular flexibility index (Phi) is 4.29. The van der Waals surface area contributed by atoms with Gasteiger partial charge in [0.2, 0.25) is 0 Å². The van der Waals surface area contributed by atoms with Crippen LogP contribution < -0.4 is 5.73 Å². The van der Waals surface area contributed by atoms with Gasteiger partial charge in [0, 0.05) is 10.6 Å². The molecule has 5 heteroatoms. The van der Waals surface area contributed by atoms with E-state index in [-0.39, 0.29) is 5.84 Å². The topological polar surface area (TPSA) is 71.5 Å². The number of pyridine rings is 1. The number of hydrogen-bond acceptors (Lipinski definition) is 4. The van der Waals surface area contributed by atoms with Gasteiger partial charge in [0.25, 0.3) is 0 Å². The van der Waals surface area contributed by atoms with Crippen LogP contribution in [0.3, 0.4) is 0 Å². The van der Waals surface area contributed by atoms with Gasteiger partial charge < -0.3 is 10.9 Å². The Hall–Kier alpha value is -2.01. The highest BCUT2D eigenvalue weighted by molar-refractivity contribution is 7.99. The monoisotopic (exact) mass is 287 g/mol. The van der Waals surface area contributed by atoms with Crippen molar-refractivity contribution in [2.24, 2.45) is 10.9 Å². The molecule has 0 radical (unpaired) electrons. The molecule has 0 aliphatic rings. The van der Waals surface area contributed by atoms with Gasteiger partial charge in [0.15, 0.2) is 5.84 Å². The molecule has 0 unspecified atom stereocenters. The third-order valence-corrected chi connectivity index (χ3v) is 4.07. The molecule has 0 amide bonds. The lowest BCUT2D eigenvalue weighted by molar-refractivity contribution is 0.318. The number of nitrogens with zero attached hydrogens (tertiary/aromatic N) is 2. The largest absolute Gasteiger partial charge is 0.409 e. The average Bonchev–Trinajstić information content (AvgIpc) is 2.42. The molecule has 0 spiro atoms. The minimum atomic E-state index is 0.0730. The second-order valence-electron chi connectivity index (χ2n) is 4.64. The molecule has 0 atom stereocenters. The number of rotatable bonds is 3. The number of nitrogens with two attached hydrogens (primary N) is 1. The third kappa shape index (κ3) is 3.11. The molecule has 0 aliphatic heterocycles. The van der Waals surface area contributed by atoms with E-state index in [4.69, 9.17) is 10.9 Å². The molecule has 1 aromatic carbocycles. The highest BCUT2D eigenvalue weighted by Gasteiger charge is 2.11. The molecule has 0 saturated heterocycles. The zero-order chi connectivity index (χ0) is 14.7. The normalized spacial score (nSPS) is 11.7. The Morgan fingerprint density at radius 1 is 1.15 bits per heavy atom. The maximum Gasteiger partial charge on any atom is 0.172 e. The lowest BCUT2D eigenvalue weighted by Crippen LogP contribution is -2.15. The third-order valence-electron chi connectivity index (χ3n) is 3.08. The van der Waals surface area contributed by atoms with Gasteiger partial charge in [-0.25, -0.2) is 4.98 Å². The first-order valence-electron chi connectivity index (χ1n) is 6.22. The van der Waals surface area contributed by atoms with E-state index >= 15 is 0 Å². The van der Waals surface area contributed by atoms with Crippen LogP contribution in [0.25, 0.3) is 0 Å². The summed E-state index contributed by atoms with van der Waals surface area (Å²) in [5, 5.41) is 12.7. The summed E-state index contributed by atoms with van der Waals surface area (Å²) in [4.78, 5) is 5.56. The summed E-state index contributed by atoms with van der Waals surface area (Å²) < 4.78 is 0. The van der Waals surface area contributed by atoms with Gasteiger partial charge >= 0.3 is 0 Å². The van der Waals surface area contributed by atoms with Gasteiger partial charge in [-0.15, -0.1) is 0 Å². The average molecular weight is 287 g/mol. The second kappa shape index (κ2) is 5.96. The molecule has 104 valence electrons. The molecular weight excluding hydrogens is 270 g/mol. The number of hydrogen-bond donors (Lipinski definition) is 2. The lowest BCUT2D eigenvalue weighted by Gasteiger charge is -2.09. The van der Waals surface area contributed by atoms with E-state index in [9.17, 15) is 0 Å². The Labute approximate surface area is 122 Å². The molecule has 2 rings (SSSR count). The summed E-state index contributed by atoms with van der Waals surface area (Å²) in [7, 11) is 0. The minimum Gasteiger partial charge on any atom is -0.409 e. The highest BCUT2D eigenvalue weighted by atomic mass is 32.2. The van der Waals surface area contributed by atoms with Crippen LogP contribution in [0.4, 0.5) is 0 Å². The first-order chi connectivity index (χ1) is 9.51. The molecule has 20 heavy (non-hydrogen) atoms. The summed E-state index contributed by atoms with van der Waals surface area (Å²) in [6.07, 6.45) is 0. The van der Waals surface area contributed by atoms with Gasteiger partial charge in [-0.05, 0) is 56.2 Å². The number of benzene rings is 1. The van der Waals surface area contributed by atoms with Crippen LogP contribution in [-0.4, -0.2) is 16.0 Å². The fourth-order valence-electron chi connectivity index (χ4n) is 1.75. The van der Waals surface area contributed by atoms with E-state index in [1.165, 1.54) is 22.9 Å². The van der Waals surface area contributed by atoms with Gasteiger partial charge in [-0.1, -0.05) is 23.0 Å². The first kappa shape index (κ1) is 14.4. The molecule has 1 heterocycles. The summed E-state index contributed by atoms with van der Waals surface area (Å²) in [5.74, 6) is 0.0730. The summed E-state index contributed by atoms with van der Waals surface area (Å²) in [6.45, 7) is 6.07. The molecule has 2 aromatic rings. The van der Waals surface area contributed by atoms with E-state index in [0.717, 1.165) is 15.6 Å². The number of amidine groups is 1. The maximum absolute atomic E-state index is 8.85. The molecule has 0 fully saturated rings. The zero-order valence-electron chi connectivity index (χ0n) is 11.7. The van der Waals surface area contributed by atoms with Crippen LogP contribution in [0.15, 0.2) is 45.4 Å². The van der Waals surface area contributed by atoms with Gasteiger partial charge in [0.1, 0.15) is 5.03 Å². The Morgan fingerprint density at radius 2 is 1.90 bits per heavy atom. The quantitative estimate of drug-likeness (QED) is 0.393. The fourth-order valence-corrected chi connectivity index (χ4v) is 2.82. The Balaban J connectivity index is 2.41. The van der Waals surface area contributed by atoms with Crippen LogP contribution in [0.2, 0.25) is 0 Å². The van der Waals surface area contributed by atoms with Gasteiger partial charge in [-0.2, -0.15) is 0 Å². The maximum atomic E-state index is 8.85. The molecular formula is C15H17N3OS. The SMILES string of the molecule is Cc1ccc(C(N)=NO)c(Sc2ccc(C)c(C)c2)n1. The highest BCUT2D eigenvalue weighted by Crippen LogP contribution is 2.30. The molecule has 0 bridgehead atoms. The van der Waals surface area contributed by atoms with Gasteiger partial charge in [0.05, 0.1) is 5.56 Å². The van der Waals surface area contributed by atoms with Crippen molar-refractivity contribution >= 4 is 17.6 Å². The molecule has 3 N–H and O–H groups in total. The van der Waals surface area contributed by atoms with E-state index in [1.807, 2.05) is 25.1 Å². The van der Waals surface area contributed by atoms with Crippen molar-refractivity contribution < 1.29 is 5.21 Å². The van der Waals surface area contributed by atoms with E-state index < -0.39 is 0 Å². The van der Waals surface area contributed by atoms with Crippen molar-refractivity contribution in [2.75, 3.05) is 0 Å². The van der Waals surface area contributed by atoms with Crippen molar-refractivity contribution in [1.82, 2.24) is 4.98 Å². The number of aromatic nitrogens is 1. The smallest absolute Gasteiger partial charge is 0.172 e. The van der Waals surface area contributed by atoms with Crippen molar-refractivity contribution in [3.8, 4) is 0 Å². The number of aryl methyl sites for hydroxylation is 3. The summed E-state index contributed by atoms with van der Waals surface area (Å²) in [6, 6.07) is 9.91. The number of oxime groups is 1. The first-order valence-corrected chi connectivity index (χ1v) is 7.03. The minimum absolute atomic E-state index is 0.0730. The van der Waals surface area contributed by atoms with Crippen molar-refractivity contribution in [2.45, 2.75) is 30.7 Å². The second-order valence-corrected chi connectivity index (χ2v) is 5.70. The summed E-state index contributed by atoms with van der Waals surface area (Å²) in [5.41, 5.74) is 9.72. The fraction of sp³-hybridized carbons (Fsp3) is 0.200. The lowest BCUT2D eigenvalue weighted by atomic mass is 10.1. The van der Waals surface area contributed by atoms with E-state index in [0.29, 0.717) is 5.56 Å². The summed E-state index contributed by atoms with van der Waals surface area (Å²) >= 11 is 1.51. The van der Waals surface area contributed by atoms with E-state index in [1.54, 1.807) is 0 Å². The van der Waals surface area contributed by atoms with Gasteiger partial charge in [-0.3, -0.25) is 0 Å². The van der Waals surface area contributed by atoms with E-state index in [2.05, 4.69) is 36.1 Å². The molecule has 0 saturated carbocycles. The van der Waals surface area contributed by atoms with Crippen LogP contribution in [0.5, 0.6) is 0 Å². The van der Waals surface area contributed by atoms with Crippen molar-refractivity contribution in [1.29, 1.82) is 0 Å². The molecule has 1 aromatic heterocycles. The van der Waals surface area contributed by atoms with Crippen molar-refractivity contribution in [3.05, 3.63) is 52.7 Å². The predicted octanol–water partition coefficient (Wildman–Crippen LogP) is 3.25. The Bertz CT molecular complexity index is 668. The predicted molar refractivity (Wildman–Crippen MR) is 81.5 cm³/mol. The van der Waals surface area contributed by atoms with Crippen LogP contribution in [0, 0.1) is 20.8 Å². The van der Waals surface area contributed by atoms with Crippen LogP contribution in [0.1, 0.15) is 22.4 Å². The standard InChI is InChI=1S/C15H17N3OS/c1-9-4-6-12(8-10(9)2)20-15-13(14(16)18-19)7-5-11(3)17-15/h4-8,19H,1-3H3,(H2,16,18). The van der Waals surface area contributed by atoms with Crippen molar-refractivity contribution in [3.63, 3.8) is 0 Å². The Morgan fingerprint density at radius 3 is 2.55 bits per heavy atom. The molecule has 4 nitrogen and oxygen atoms in total. The van der Waals surface area contributed by atoms with Crippen LogP contribution >= 0.6 is 11.8 Å². The zero-order valence-corrected chi connectivity index (χ0v) is 12.5. The molecule has 0 aliphatic carbocycles. The van der Waals surface area contributed by atoms with Crippen LogP contribution in [-0.2, 0) is 0 Å².